The Bertz CT molecular complexity index is 345. The van der Waals surface area contributed by atoms with E-state index in [0.29, 0.717) is 0 Å². The zero-order chi connectivity index (χ0) is 12.2. The Hall–Kier alpha value is -0.500. The molecule has 9 nitrogen and oxygen atoms in total. The molecule has 1 rings (SSSR count). The lowest BCUT2D eigenvalue weighted by Gasteiger charge is -2.21. The average Bonchev–Trinajstić information content (AvgIpc) is 2.51. The van der Waals surface area contributed by atoms with Crippen molar-refractivity contribution < 1.29 is 33.4 Å². The van der Waals surface area contributed by atoms with E-state index in [1.54, 1.807) is 0 Å². The van der Waals surface area contributed by atoms with Crippen LogP contribution in [0.2, 0.25) is 0 Å². The lowest BCUT2D eigenvalue weighted by Crippen LogP contribution is -2.36. The summed E-state index contributed by atoms with van der Waals surface area (Å²) < 4.78 is 20.1. The summed E-state index contributed by atoms with van der Waals surface area (Å²) in [5.74, 6) is -2.61. The van der Waals surface area contributed by atoms with Gasteiger partial charge in [-0.05, 0) is 4.52 Å². The molecular weight excluding hydrogens is 262 g/mol. The molecule has 4 N–H and O–H groups in total. The molecule has 0 aliphatic heterocycles. The zero-order valence-corrected chi connectivity index (χ0v) is 9.53. The van der Waals surface area contributed by atoms with Crippen LogP contribution < -0.4 is 0 Å². The molecule has 0 aliphatic carbocycles. The van der Waals surface area contributed by atoms with Crippen LogP contribution in [0.5, 0.6) is 0 Å². The monoisotopic (exact) mass is 271 g/mol. The van der Waals surface area contributed by atoms with E-state index in [4.69, 9.17) is 14.7 Å². The summed E-state index contributed by atoms with van der Waals surface area (Å²) in [5.41, 5.74) is 0. The summed E-state index contributed by atoms with van der Waals surface area (Å²) in [7, 11) is -6.12. The van der Waals surface area contributed by atoms with Gasteiger partial charge in [0.15, 0.2) is 0 Å². The summed E-state index contributed by atoms with van der Waals surface area (Å²) in [5, 5.41) is 9.58. The van der Waals surface area contributed by atoms with E-state index in [1.807, 2.05) is 0 Å². The molecule has 0 amide bonds. The van der Waals surface area contributed by atoms with Crippen molar-refractivity contribution in [1.82, 2.24) is 9.55 Å². The van der Waals surface area contributed by atoms with E-state index in [1.165, 1.54) is 23.3 Å². The molecule has 0 saturated heterocycles. The molecule has 16 heavy (non-hydrogen) atoms. The molecule has 0 spiro atoms. The molecule has 0 saturated carbocycles. The zero-order valence-electron chi connectivity index (χ0n) is 7.74. The van der Waals surface area contributed by atoms with Crippen LogP contribution in [0.4, 0.5) is 0 Å². The molecule has 2 unspecified atom stereocenters. The molecule has 0 radical (unpaired) electrons. The maximum absolute atomic E-state index is 10.4. The van der Waals surface area contributed by atoms with E-state index in [9.17, 15) is 9.67 Å². The molecular formula is C5H9N2O7P2+. The number of imidazole rings is 1. The highest BCUT2D eigenvalue weighted by Gasteiger charge is 2.43. The number of aliphatic hydroxyl groups is 1. The summed E-state index contributed by atoms with van der Waals surface area (Å²) >= 11 is 0. The van der Waals surface area contributed by atoms with Gasteiger partial charge in [0.1, 0.15) is 6.54 Å². The van der Waals surface area contributed by atoms with Gasteiger partial charge in [0.25, 0.3) is 0 Å². The third-order valence-corrected chi connectivity index (χ3v) is 2.28. The van der Waals surface area contributed by atoms with Gasteiger partial charge in [-0.25, -0.2) is 9.51 Å². The molecule has 2 atom stereocenters. The minimum absolute atomic E-state index is 0.450. The highest BCUT2D eigenvalue weighted by atomic mass is 31.2. The van der Waals surface area contributed by atoms with Crippen LogP contribution >= 0.6 is 16.9 Å². The highest BCUT2D eigenvalue weighted by Crippen LogP contribution is 2.37. The molecule has 1 aromatic heterocycles. The lowest BCUT2D eigenvalue weighted by molar-refractivity contribution is -0.283. The number of hydrogen-bond donors (Lipinski definition) is 4. The Labute approximate surface area is 91.8 Å². The van der Waals surface area contributed by atoms with Gasteiger partial charge in [-0.1, -0.05) is 0 Å². The third kappa shape index (κ3) is 4.56. The summed E-state index contributed by atoms with van der Waals surface area (Å²) in [6, 6.07) is 0. The first-order valence-corrected chi connectivity index (χ1v) is 6.11. The predicted octanol–water partition coefficient (Wildman–Crippen LogP) is -0.576. The fraction of sp³-hybridized carbons (Fsp3) is 0.400. The second-order valence-corrected chi connectivity index (χ2v) is 3.97. The van der Waals surface area contributed by atoms with Crippen molar-refractivity contribution >= 4 is 16.9 Å². The topological polar surface area (TPSA) is 134 Å². The molecule has 0 bridgehead atoms. The standard InChI is InChI=1S/C5H8N2O7P2/c8-5(13-15(9)10,14-16(11)12)3-7-2-1-6-4-7/h1-2,4,8-10H,3H2/p+1. The van der Waals surface area contributed by atoms with E-state index < -0.39 is 29.4 Å². The molecule has 90 valence electrons. The molecule has 11 heteroatoms. The Morgan fingerprint density at radius 1 is 1.56 bits per heavy atom. The van der Waals surface area contributed by atoms with Crippen molar-refractivity contribution in [2.75, 3.05) is 0 Å². The van der Waals surface area contributed by atoms with Crippen LogP contribution in [0.15, 0.2) is 18.7 Å². The largest absolute Gasteiger partial charge is 0.700 e. The first-order chi connectivity index (χ1) is 7.41. The molecule has 1 aromatic rings. The van der Waals surface area contributed by atoms with Gasteiger partial charge in [-0.3, -0.25) is 0 Å². The number of nitrogens with zero attached hydrogens (tertiary/aromatic N) is 2. The molecule has 0 aliphatic rings. The van der Waals surface area contributed by atoms with Crippen molar-refractivity contribution in [3.8, 4) is 0 Å². The van der Waals surface area contributed by atoms with Crippen molar-refractivity contribution in [2.45, 2.75) is 12.5 Å². The second kappa shape index (κ2) is 5.72. The van der Waals surface area contributed by atoms with Crippen LogP contribution in [-0.2, 0) is 20.2 Å². The fourth-order valence-corrected chi connectivity index (χ4v) is 1.68. The number of aromatic nitrogens is 2. The normalized spacial score (nSPS) is 16.2. The molecule has 0 aromatic carbocycles. The molecule has 0 fully saturated rings. The predicted molar refractivity (Wildman–Crippen MR) is 50.5 cm³/mol. The van der Waals surface area contributed by atoms with Crippen LogP contribution in [0.25, 0.3) is 0 Å². The van der Waals surface area contributed by atoms with Gasteiger partial charge >= 0.3 is 22.8 Å². The second-order valence-electron chi connectivity index (χ2n) is 2.62. The van der Waals surface area contributed by atoms with Crippen molar-refractivity contribution in [1.29, 1.82) is 0 Å². The minimum atomic E-state index is -3.17. The van der Waals surface area contributed by atoms with Crippen LogP contribution in [-0.4, -0.2) is 35.3 Å². The van der Waals surface area contributed by atoms with E-state index in [0.717, 1.165) is 0 Å². The first kappa shape index (κ1) is 13.6. The fourth-order valence-electron chi connectivity index (χ4n) is 0.935. The van der Waals surface area contributed by atoms with Crippen LogP contribution in [0.3, 0.4) is 0 Å². The maximum atomic E-state index is 10.4. The summed E-state index contributed by atoms with van der Waals surface area (Å²) in [6.07, 6.45) is 4.08. The van der Waals surface area contributed by atoms with Gasteiger partial charge < -0.3 is 19.5 Å². The van der Waals surface area contributed by atoms with E-state index in [2.05, 4.69) is 14.0 Å². The molecule has 1 heterocycles. The van der Waals surface area contributed by atoms with E-state index >= 15 is 0 Å². The summed E-state index contributed by atoms with van der Waals surface area (Å²) in [6.45, 7) is -0.450. The van der Waals surface area contributed by atoms with E-state index in [-0.39, 0.29) is 0 Å². The van der Waals surface area contributed by atoms with Gasteiger partial charge in [-0.15, -0.1) is 4.89 Å². The van der Waals surface area contributed by atoms with Gasteiger partial charge in [0, 0.05) is 17.0 Å². The van der Waals surface area contributed by atoms with Crippen molar-refractivity contribution in [3.05, 3.63) is 18.7 Å². The van der Waals surface area contributed by atoms with Gasteiger partial charge in [-0.2, -0.15) is 0 Å². The van der Waals surface area contributed by atoms with Gasteiger partial charge in [0.05, 0.1) is 6.33 Å². The Balaban J connectivity index is 2.73. The lowest BCUT2D eigenvalue weighted by atomic mass is 10.5. The Morgan fingerprint density at radius 3 is 2.69 bits per heavy atom. The number of hydrogen-bond acceptors (Lipinski definition) is 7. The van der Waals surface area contributed by atoms with Crippen LogP contribution in [0, 0.1) is 0 Å². The quantitative estimate of drug-likeness (QED) is 0.399. The SMILES string of the molecule is O=[P+](O)OC(O)(Cn1ccnc1)OP(O)O. The van der Waals surface area contributed by atoms with Crippen LogP contribution in [0.1, 0.15) is 0 Å². The maximum Gasteiger partial charge on any atom is 0.700 e. The highest BCUT2D eigenvalue weighted by molar-refractivity contribution is 7.39. The Morgan fingerprint density at radius 2 is 2.25 bits per heavy atom. The average molecular weight is 271 g/mol. The summed E-state index contributed by atoms with van der Waals surface area (Å²) in [4.78, 5) is 29.3. The third-order valence-electron chi connectivity index (χ3n) is 1.39. The smallest absolute Gasteiger partial charge is 0.339 e. The minimum Gasteiger partial charge on any atom is -0.339 e. The first-order valence-electron chi connectivity index (χ1n) is 3.82. The Kier molecular flexibility index (Phi) is 4.85. The van der Waals surface area contributed by atoms with Crippen molar-refractivity contribution in [3.63, 3.8) is 0 Å². The number of rotatable bonds is 6. The van der Waals surface area contributed by atoms with Gasteiger partial charge in [0.2, 0.25) is 0 Å². The van der Waals surface area contributed by atoms with Crippen molar-refractivity contribution in [2.24, 2.45) is 0 Å².